The molecule has 58 heavy (non-hydrogen) atoms. The number of benzene rings is 3. The van der Waals surface area contributed by atoms with Gasteiger partial charge in [-0.3, -0.25) is 14.4 Å². The molecule has 2 aromatic heterocycles. The molecule has 3 aliphatic rings. The second-order valence-corrected chi connectivity index (χ2v) is 15.0. The summed E-state index contributed by atoms with van der Waals surface area (Å²) in [4.78, 5) is 68.7. The lowest BCUT2D eigenvalue weighted by atomic mass is 9.64. The van der Waals surface area contributed by atoms with E-state index in [2.05, 4.69) is 4.98 Å². The summed E-state index contributed by atoms with van der Waals surface area (Å²) in [5.74, 6) is -17.4. The number of aromatic hydroxyl groups is 1. The minimum absolute atomic E-state index is 0.0197. The van der Waals surface area contributed by atoms with Gasteiger partial charge in [-0.2, -0.15) is 0 Å². The number of carbonyl (C=O) groups is 2. The fraction of sp³-hybridized carbons (Fsp3) is 0.297. The number of methoxy groups -OCH3 is 2. The SMILES string of the molecule is COc1cc2nc(CCn3c(=O)n4n(c3=O)[C@@H]3C[C@@]5(Cl)C(=O)N(c6c(F)c(F)c(F)c(F)c6F)C(=O)[C@@]5(Cl)[C@@H](c5ccccc5O)C3=CC4)c(=O)n(C)c2cc1OC. The van der Waals surface area contributed by atoms with Crippen molar-refractivity contribution in [2.75, 3.05) is 19.1 Å². The van der Waals surface area contributed by atoms with Crippen LogP contribution in [0.2, 0.25) is 0 Å². The maximum absolute atomic E-state index is 15.3. The van der Waals surface area contributed by atoms with Gasteiger partial charge in [-0.05, 0) is 11.6 Å². The molecule has 1 aliphatic carbocycles. The number of anilines is 1. The van der Waals surface area contributed by atoms with Gasteiger partial charge >= 0.3 is 11.4 Å². The lowest BCUT2D eigenvalue weighted by Crippen LogP contribution is -2.59. The number of ether oxygens (including phenoxy) is 2. The number of rotatable bonds is 7. The third kappa shape index (κ3) is 5.01. The summed E-state index contributed by atoms with van der Waals surface area (Å²) in [5, 5.41) is 11.1. The molecule has 2 amide bonds. The van der Waals surface area contributed by atoms with E-state index in [4.69, 9.17) is 32.7 Å². The number of aryl methyl sites for hydroxylation is 2. The number of halogens is 7. The van der Waals surface area contributed by atoms with Crippen LogP contribution in [0.3, 0.4) is 0 Å². The van der Waals surface area contributed by atoms with Gasteiger partial charge in [-0.1, -0.05) is 24.3 Å². The molecule has 1 saturated heterocycles. The zero-order chi connectivity index (χ0) is 41.9. The summed E-state index contributed by atoms with van der Waals surface area (Å²) in [6.45, 7) is -0.728. The number of imide groups is 1. The first-order valence-electron chi connectivity index (χ1n) is 17.2. The predicted octanol–water partition coefficient (Wildman–Crippen LogP) is 3.92. The Labute approximate surface area is 331 Å². The third-order valence-electron chi connectivity index (χ3n) is 11.0. The molecule has 0 unspecified atom stereocenters. The summed E-state index contributed by atoms with van der Waals surface area (Å²) in [6, 6.07) is 6.99. The van der Waals surface area contributed by atoms with Gasteiger partial charge in [-0.15, -0.1) is 23.2 Å². The molecule has 4 atom stereocenters. The molecule has 2 aliphatic heterocycles. The van der Waals surface area contributed by atoms with E-state index >= 15 is 8.78 Å². The number of hydrogen-bond acceptors (Lipinski definition) is 9. The molecule has 4 heterocycles. The quantitative estimate of drug-likeness (QED) is 0.0640. The molecule has 3 aromatic carbocycles. The van der Waals surface area contributed by atoms with E-state index in [1.54, 1.807) is 12.1 Å². The molecular formula is C37H27Cl2F5N6O8. The summed E-state index contributed by atoms with van der Waals surface area (Å²) in [7, 11) is 4.34. The monoisotopic (exact) mass is 848 g/mol. The van der Waals surface area contributed by atoms with E-state index in [0.29, 0.717) is 22.5 Å². The number of allylic oxidation sites excluding steroid dienone is 2. The largest absolute Gasteiger partial charge is 0.508 e. The smallest absolute Gasteiger partial charge is 0.347 e. The Kier molecular flexibility index (Phi) is 8.92. The Morgan fingerprint density at radius 2 is 1.50 bits per heavy atom. The van der Waals surface area contributed by atoms with Crippen molar-refractivity contribution >= 4 is 51.7 Å². The molecule has 0 bridgehead atoms. The van der Waals surface area contributed by atoms with Crippen molar-refractivity contribution in [2.45, 2.75) is 47.6 Å². The van der Waals surface area contributed by atoms with E-state index in [1.165, 1.54) is 56.2 Å². The average molecular weight is 850 g/mol. The van der Waals surface area contributed by atoms with Crippen molar-refractivity contribution in [3.8, 4) is 17.2 Å². The van der Waals surface area contributed by atoms with Crippen LogP contribution in [-0.2, 0) is 36.1 Å². The maximum Gasteiger partial charge on any atom is 0.347 e. The third-order valence-corrected chi connectivity index (χ3v) is 12.4. The van der Waals surface area contributed by atoms with Gasteiger partial charge in [0.15, 0.2) is 44.5 Å². The summed E-state index contributed by atoms with van der Waals surface area (Å²) in [6.07, 6.45) is 0.343. The molecule has 14 nitrogen and oxygen atoms in total. The van der Waals surface area contributed by atoms with Crippen molar-refractivity contribution in [3.05, 3.63) is 120 Å². The van der Waals surface area contributed by atoms with E-state index in [9.17, 15) is 42.3 Å². The first-order valence-corrected chi connectivity index (χ1v) is 18.0. The van der Waals surface area contributed by atoms with Crippen LogP contribution in [0.4, 0.5) is 27.6 Å². The Morgan fingerprint density at radius 3 is 2.14 bits per heavy atom. The number of para-hydroxylation sites is 1. The molecule has 0 spiro atoms. The van der Waals surface area contributed by atoms with Crippen LogP contribution in [-0.4, -0.2) is 64.4 Å². The summed E-state index contributed by atoms with van der Waals surface area (Å²) < 4.78 is 88.3. The van der Waals surface area contributed by atoms with Gasteiger partial charge in [0.25, 0.3) is 17.4 Å². The zero-order valence-electron chi connectivity index (χ0n) is 30.2. The van der Waals surface area contributed by atoms with Gasteiger partial charge in [0.05, 0.1) is 37.8 Å². The standard InChI is InChI=1S/C37H27Cl2F5N6O8/c1-46-19-13-23(58-3)22(57-2)12-18(19)45-17(31(46)52)9-10-47-34(55)48-11-8-15-20(50(48)35(47)56)14-36(38)32(53)49(30-28(43)26(41)25(40)27(42)29(30)44)33(54)37(36,39)24(15)16-6-4-5-7-21(16)51/h4-8,12-13,20,24,51H,9-11,14H2,1-3H3/t20-,24-,36-,37+/m1/s1. The number of phenolic OH excluding ortho intramolecular Hbond substituents is 1. The van der Waals surface area contributed by atoms with Crippen LogP contribution in [0.15, 0.2) is 62.4 Å². The molecule has 1 N–H and O–H groups in total. The Morgan fingerprint density at radius 1 is 0.879 bits per heavy atom. The number of fused-ring (bicyclic) bond motifs is 5. The van der Waals surface area contributed by atoms with E-state index in [0.717, 1.165) is 13.9 Å². The molecule has 8 rings (SSSR count). The summed E-state index contributed by atoms with van der Waals surface area (Å²) in [5.41, 5.74) is -3.69. The number of nitrogens with zero attached hydrogens (tertiary/aromatic N) is 6. The second-order valence-electron chi connectivity index (χ2n) is 13.8. The molecule has 2 fully saturated rings. The molecule has 21 heteroatoms. The highest BCUT2D eigenvalue weighted by atomic mass is 35.5. The number of amides is 2. The topological polar surface area (TPSA) is 160 Å². The lowest BCUT2D eigenvalue weighted by molar-refractivity contribution is -0.122. The van der Waals surface area contributed by atoms with Crippen molar-refractivity contribution in [1.29, 1.82) is 0 Å². The first-order chi connectivity index (χ1) is 27.4. The van der Waals surface area contributed by atoms with Gasteiger partial charge < -0.3 is 19.1 Å². The van der Waals surface area contributed by atoms with Gasteiger partial charge in [0.1, 0.15) is 17.1 Å². The average Bonchev–Trinajstić information content (AvgIpc) is 3.54. The van der Waals surface area contributed by atoms with Gasteiger partial charge in [0, 0.05) is 50.0 Å². The highest BCUT2D eigenvalue weighted by Gasteiger charge is 2.76. The van der Waals surface area contributed by atoms with Crippen LogP contribution in [0.5, 0.6) is 17.2 Å². The van der Waals surface area contributed by atoms with Crippen LogP contribution < -0.4 is 31.3 Å². The van der Waals surface area contributed by atoms with Crippen molar-refractivity contribution in [3.63, 3.8) is 0 Å². The molecule has 1 saturated carbocycles. The van der Waals surface area contributed by atoms with Gasteiger partial charge in [0.2, 0.25) is 5.82 Å². The van der Waals surface area contributed by atoms with Crippen LogP contribution in [0.1, 0.15) is 29.6 Å². The number of hydrogen-bond donors (Lipinski definition) is 1. The number of carbonyl (C=O) groups excluding carboxylic acids is 2. The normalized spacial score (nSPS) is 22.5. The Hall–Kier alpha value is -5.95. The predicted molar refractivity (Wildman–Crippen MR) is 195 cm³/mol. The fourth-order valence-electron chi connectivity index (χ4n) is 8.23. The van der Waals surface area contributed by atoms with Crippen LogP contribution >= 0.6 is 23.2 Å². The Balaban J connectivity index is 1.25. The molecule has 0 radical (unpaired) electrons. The highest BCUT2D eigenvalue weighted by molar-refractivity contribution is 6.58. The highest BCUT2D eigenvalue weighted by Crippen LogP contribution is 2.64. The fourth-order valence-corrected chi connectivity index (χ4v) is 9.14. The lowest BCUT2D eigenvalue weighted by Gasteiger charge is -2.49. The minimum Gasteiger partial charge on any atom is -0.508 e. The maximum atomic E-state index is 15.3. The van der Waals surface area contributed by atoms with E-state index in [-0.39, 0.29) is 41.2 Å². The summed E-state index contributed by atoms with van der Waals surface area (Å²) >= 11 is 14.2. The van der Waals surface area contributed by atoms with Gasteiger partial charge in [-0.25, -0.2) is 55.4 Å². The zero-order valence-corrected chi connectivity index (χ0v) is 31.7. The van der Waals surface area contributed by atoms with Crippen molar-refractivity contribution < 1.29 is 46.1 Å². The van der Waals surface area contributed by atoms with Crippen LogP contribution in [0.25, 0.3) is 11.0 Å². The van der Waals surface area contributed by atoms with Crippen molar-refractivity contribution in [1.82, 2.24) is 23.5 Å². The number of aromatic nitrogens is 5. The molecule has 302 valence electrons. The first kappa shape index (κ1) is 38.9. The minimum atomic E-state index is -2.82. The van der Waals surface area contributed by atoms with E-state index in [1.807, 2.05) is 0 Å². The number of phenols is 1. The Bertz CT molecular complexity index is 2860. The second kappa shape index (κ2) is 13.3. The van der Waals surface area contributed by atoms with Crippen molar-refractivity contribution in [2.24, 2.45) is 7.05 Å². The molecular weight excluding hydrogens is 822 g/mol. The molecule has 5 aromatic rings. The van der Waals surface area contributed by atoms with Crippen LogP contribution in [0, 0.1) is 29.1 Å². The van der Waals surface area contributed by atoms with E-state index < -0.39 is 97.4 Å². The number of alkyl halides is 2.